The Hall–Kier alpha value is -2.37. The maximum atomic E-state index is 12.4. The smallest absolute Gasteiger partial charge is 0.321 e. The molecule has 2 amide bonds. The number of carbonyl (C=O) groups is 1. The first kappa shape index (κ1) is 15.5. The van der Waals surface area contributed by atoms with Crippen molar-refractivity contribution in [2.24, 2.45) is 0 Å². The largest absolute Gasteiger partial charge is 0.322 e. The predicted octanol–water partition coefficient (Wildman–Crippen LogP) is 3.05. The molecule has 1 N–H and O–H groups in total. The number of benzene rings is 1. The molecule has 1 saturated heterocycles. The monoisotopic (exact) mass is 313 g/mol. The average molecular weight is 313 g/mol. The van der Waals surface area contributed by atoms with Crippen molar-refractivity contribution in [2.75, 3.05) is 18.4 Å². The van der Waals surface area contributed by atoms with E-state index in [0.717, 1.165) is 18.7 Å². The zero-order valence-electron chi connectivity index (χ0n) is 13.9. The van der Waals surface area contributed by atoms with Gasteiger partial charge in [0.25, 0.3) is 0 Å². The van der Waals surface area contributed by atoms with Crippen LogP contribution >= 0.6 is 0 Å². The van der Waals surface area contributed by atoms with Crippen LogP contribution in [0.15, 0.2) is 36.7 Å². The van der Waals surface area contributed by atoms with Crippen LogP contribution < -0.4 is 5.32 Å². The van der Waals surface area contributed by atoms with Gasteiger partial charge in [-0.25, -0.2) is 4.79 Å². The van der Waals surface area contributed by atoms with Gasteiger partial charge in [-0.1, -0.05) is 32.9 Å². The SMILES string of the molecule is CC(C)(C)c1ccc(NC(=O)N2CCC(n3nccn3)C2)cc1. The zero-order chi connectivity index (χ0) is 16.4. The molecule has 6 nitrogen and oxygen atoms in total. The van der Waals surface area contributed by atoms with E-state index in [0.29, 0.717) is 6.54 Å². The summed E-state index contributed by atoms with van der Waals surface area (Å²) < 4.78 is 0. The number of urea groups is 1. The molecule has 122 valence electrons. The highest BCUT2D eigenvalue weighted by Gasteiger charge is 2.28. The van der Waals surface area contributed by atoms with Gasteiger partial charge >= 0.3 is 6.03 Å². The van der Waals surface area contributed by atoms with Crippen molar-refractivity contribution >= 4 is 11.7 Å². The number of likely N-dealkylation sites (tertiary alicyclic amines) is 1. The summed E-state index contributed by atoms with van der Waals surface area (Å²) in [6, 6.07) is 8.15. The van der Waals surface area contributed by atoms with Gasteiger partial charge in [0.05, 0.1) is 18.4 Å². The molecule has 1 aliphatic heterocycles. The van der Waals surface area contributed by atoms with Crippen LogP contribution in [-0.4, -0.2) is 39.0 Å². The molecular formula is C17H23N5O. The van der Waals surface area contributed by atoms with E-state index in [9.17, 15) is 4.79 Å². The molecule has 2 heterocycles. The second-order valence-electron chi connectivity index (χ2n) is 7.00. The van der Waals surface area contributed by atoms with Crippen LogP contribution in [0.4, 0.5) is 10.5 Å². The lowest BCUT2D eigenvalue weighted by molar-refractivity contribution is 0.220. The standard InChI is InChI=1S/C17H23N5O/c1-17(2,3)13-4-6-14(7-5-13)20-16(23)21-11-8-15(12-21)22-18-9-10-19-22/h4-7,9-10,15H,8,11-12H2,1-3H3,(H,20,23). The number of amides is 2. The fourth-order valence-corrected chi connectivity index (χ4v) is 2.79. The van der Waals surface area contributed by atoms with Crippen LogP contribution in [0.5, 0.6) is 0 Å². The molecule has 1 fully saturated rings. The minimum absolute atomic E-state index is 0.0665. The highest BCUT2D eigenvalue weighted by molar-refractivity contribution is 5.89. The molecule has 0 spiro atoms. The molecule has 0 aliphatic carbocycles. The molecular weight excluding hydrogens is 290 g/mol. The van der Waals surface area contributed by atoms with E-state index in [-0.39, 0.29) is 17.5 Å². The van der Waals surface area contributed by atoms with Crippen LogP contribution in [0.3, 0.4) is 0 Å². The Morgan fingerprint density at radius 3 is 2.43 bits per heavy atom. The highest BCUT2D eigenvalue weighted by Crippen LogP contribution is 2.24. The minimum Gasteiger partial charge on any atom is -0.322 e. The van der Waals surface area contributed by atoms with Gasteiger partial charge < -0.3 is 10.2 Å². The maximum Gasteiger partial charge on any atom is 0.321 e. The summed E-state index contributed by atoms with van der Waals surface area (Å²) in [5.41, 5.74) is 2.19. The average Bonchev–Trinajstić information content (AvgIpc) is 3.18. The lowest BCUT2D eigenvalue weighted by Gasteiger charge is -2.20. The van der Waals surface area contributed by atoms with Crippen LogP contribution in [0, 0.1) is 0 Å². The summed E-state index contributed by atoms with van der Waals surface area (Å²) in [4.78, 5) is 15.9. The molecule has 1 aromatic heterocycles. The van der Waals surface area contributed by atoms with Crippen molar-refractivity contribution in [3.8, 4) is 0 Å². The molecule has 2 aromatic rings. The van der Waals surface area contributed by atoms with Gasteiger partial charge in [-0.05, 0) is 29.5 Å². The van der Waals surface area contributed by atoms with Crippen molar-refractivity contribution in [3.05, 3.63) is 42.2 Å². The Kier molecular flexibility index (Phi) is 4.07. The number of hydrogen-bond donors (Lipinski definition) is 1. The number of nitrogens with one attached hydrogen (secondary N) is 1. The first-order valence-corrected chi connectivity index (χ1v) is 7.96. The summed E-state index contributed by atoms with van der Waals surface area (Å²) in [5.74, 6) is 0. The van der Waals surface area contributed by atoms with Crippen LogP contribution in [0.2, 0.25) is 0 Å². The number of anilines is 1. The molecule has 0 bridgehead atoms. The number of nitrogens with zero attached hydrogens (tertiary/aromatic N) is 4. The fourth-order valence-electron chi connectivity index (χ4n) is 2.79. The number of rotatable bonds is 2. The number of carbonyl (C=O) groups excluding carboxylic acids is 1. The van der Waals surface area contributed by atoms with Gasteiger partial charge in [0.2, 0.25) is 0 Å². The number of hydrogen-bond acceptors (Lipinski definition) is 3. The molecule has 0 radical (unpaired) electrons. The third kappa shape index (κ3) is 3.52. The van der Waals surface area contributed by atoms with Gasteiger partial charge in [-0.2, -0.15) is 15.0 Å². The van der Waals surface area contributed by atoms with E-state index in [1.165, 1.54) is 5.56 Å². The maximum absolute atomic E-state index is 12.4. The topological polar surface area (TPSA) is 63.1 Å². The molecule has 1 atom stereocenters. The number of aromatic nitrogens is 3. The Morgan fingerprint density at radius 1 is 1.17 bits per heavy atom. The van der Waals surface area contributed by atoms with Gasteiger partial charge in [-0.15, -0.1) is 0 Å². The predicted molar refractivity (Wildman–Crippen MR) is 89.4 cm³/mol. The first-order valence-electron chi connectivity index (χ1n) is 7.96. The molecule has 0 saturated carbocycles. The van der Waals surface area contributed by atoms with Crippen molar-refractivity contribution in [3.63, 3.8) is 0 Å². The van der Waals surface area contributed by atoms with Crippen molar-refractivity contribution in [1.82, 2.24) is 19.9 Å². The van der Waals surface area contributed by atoms with Gasteiger partial charge in [-0.3, -0.25) is 0 Å². The van der Waals surface area contributed by atoms with Crippen molar-refractivity contribution < 1.29 is 4.79 Å². The third-order valence-electron chi connectivity index (χ3n) is 4.22. The molecule has 1 unspecified atom stereocenters. The lowest BCUT2D eigenvalue weighted by Crippen LogP contribution is -2.33. The normalized spacial score (nSPS) is 18.2. The summed E-state index contributed by atoms with van der Waals surface area (Å²) in [7, 11) is 0. The molecule has 1 aromatic carbocycles. The van der Waals surface area contributed by atoms with Crippen LogP contribution in [0.1, 0.15) is 38.8 Å². The molecule has 3 rings (SSSR count). The minimum atomic E-state index is -0.0665. The summed E-state index contributed by atoms with van der Waals surface area (Å²) in [6.07, 6.45) is 4.21. The van der Waals surface area contributed by atoms with E-state index >= 15 is 0 Å². The second-order valence-corrected chi connectivity index (χ2v) is 7.00. The quantitative estimate of drug-likeness (QED) is 0.927. The first-order chi connectivity index (χ1) is 10.9. The van der Waals surface area contributed by atoms with E-state index in [1.807, 2.05) is 17.0 Å². The van der Waals surface area contributed by atoms with Gasteiger partial charge in [0.15, 0.2) is 0 Å². The van der Waals surface area contributed by atoms with Gasteiger partial charge in [0, 0.05) is 18.8 Å². The van der Waals surface area contributed by atoms with E-state index in [4.69, 9.17) is 0 Å². The van der Waals surface area contributed by atoms with Gasteiger partial charge in [0.1, 0.15) is 0 Å². The Balaban J connectivity index is 1.59. The summed E-state index contributed by atoms with van der Waals surface area (Å²) in [6.45, 7) is 7.88. The Labute approximate surface area is 136 Å². The molecule has 23 heavy (non-hydrogen) atoms. The second kappa shape index (κ2) is 6.02. The van der Waals surface area contributed by atoms with Crippen molar-refractivity contribution in [2.45, 2.75) is 38.6 Å². The van der Waals surface area contributed by atoms with Crippen LogP contribution in [-0.2, 0) is 5.41 Å². The lowest BCUT2D eigenvalue weighted by atomic mass is 9.87. The highest BCUT2D eigenvalue weighted by atomic mass is 16.2. The Morgan fingerprint density at radius 2 is 1.83 bits per heavy atom. The van der Waals surface area contributed by atoms with E-state index < -0.39 is 0 Å². The van der Waals surface area contributed by atoms with E-state index in [2.05, 4.69) is 48.4 Å². The van der Waals surface area contributed by atoms with Crippen LogP contribution in [0.25, 0.3) is 0 Å². The Bertz CT molecular complexity index is 657. The molecule has 6 heteroatoms. The summed E-state index contributed by atoms with van der Waals surface area (Å²) in [5, 5.41) is 11.3. The van der Waals surface area contributed by atoms with E-state index in [1.54, 1.807) is 17.2 Å². The van der Waals surface area contributed by atoms with Crippen molar-refractivity contribution in [1.29, 1.82) is 0 Å². The fraction of sp³-hybridized carbons (Fsp3) is 0.471. The third-order valence-corrected chi connectivity index (χ3v) is 4.22. The summed E-state index contributed by atoms with van der Waals surface area (Å²) >= 11 is 0. The molecule has 1 aliphatic rings. The zero-order valence-corrected chi connectivity index (χ0v) is 13.9.